The maximum atomic E-state index is 12.8. The van der Waals surface area contributed by atoms with Crippen molar-refractivity contribution >= 4 is 18.0 Å². The lowest BCUT2D eigenvalue weighted by Gasteiger charge is -2.22. The minimum Gasteiger partial charge on any atom is -0.444 e. The molecule has 1 N–H and O–H groups in total. The molecule has 2 aromatic rings. The standard InChI is InChI=1S/C23H23N3O4/c1-16-20-19(12-13-25(20)23(29)30-15-18-10-6-3-7-11-18)26(21(16)27)22(28)24-14-17-8-4-2-5-9-17/h2-11,16H,12-15H2,1H3,(H,24,28). The highest BCUT2D eigenvalue weighted by molar-refractivity contribution is 6.02. The summed E-state index contributed by atoms with van der Waals surface area (Å²) in [6.07, 6.45) is -0.0695. The van der Waals surface area contributed by atoms with Crippen LogP contribution >= 0.6 is 0 Å². The third-order valence-corrected chi connectivity index (χ3v) is 5.34. The molecule has 0 spiro atoms. The molecule has 0 aromatic heterocycles. The molecule has 0 saturated heterocycles. The molecule has 0 saturated carbocycles. The number of imide groups is 1. The van der Waals surface area contributed by atoms with Gasteiger partial charge in [0.15, 0.2) is 0 Å². The molecule has 0 radical (unpaired) electrons. The van der Waals surface area contributed by atoms with Crippen molar-refractivity contribution in [1.82, 2.24) is 15.1 Å². The van der Waals surface area contributed by atoms with Crippen LogP contribution in [0.3, 0.4) is 0 Å². The lowest BCUT2D eigenvalue weighted by molar-refractivity contribution is -0.128. The fourth-order valence-electron chi connectivity index (χ4n) is 3.84. The molecule has 2 aliphatic heterocycles. The molecule has 154 valence electrons. The molecule has 0 bridgehead atoms. The molecule has 2 heterocycles. The number of carbonyl (C=O) groups excluding carboxylic acids is 3. The van der Waals surface area contributed by atoms with Crippen LogP contribution in [-0.2, 0) is 22.7 Å². The maximum Gasteiger partial charge on any atom is 0.414 e. The van der Waals surface area contributed by atoms with E-state index in [0.717, 1.165) is 11.1 Å². The molecular weight excluding hydrogens is 382 g/mol. The first-order valence-electron chi connectivity index (χ1n) is 9.93. The number of benzene rings is 2. The van der Waals surface area contributed by atoms with Gasteiger partial charge >= 0.3 is 12.1 Å². The Morgan fingerprint density at radius 1 is 1.03 bits per heavy atom. The van der Waals surface area contributed by atoms with E-state index in [1.807, 2.05) is 60.7 Å². The van der Waals surface area contributed by atoms with Gasteiger partial charge in [-0.2, -0.15) is 0 Å². The third kappa shape index (κ3) is 3.78. The van der Waals surface area contributed by atoms with Crippen LogP contribution < -0.4 is 5.32 Å². The van der Waals surface area contributed by atoms with Crippen molar-refractivity contribution in [3.63, 3.8) is 0 Å². The Morgan fingerprint density at radius 3 is 2.33 bits per heavy atom. The highest BCUT2D eigenvalue weighted by atomic mass is 16.6. The average molecular weight is 405 g/mol. The molecule has 30 heavy (non-hydrogen) atoms. The normalized spacial score (nSPS) is 17.9. The molecule has 2 aromatic carbocycles. The molecular formula is C23H23N3O4. The second kappa shape index (κ2) is 8.41. The number of carbonyl (C=O) groups is 3. The summed E-state index contributed by atoms with van der Waals surface area (Å²) in [5.41, 5.74) is 2.97. The van der Waals surface area contributed by atoms with E-state index in [9.17, 15) is 14.4 Å². The van der Waals surface area contributed by atoms with Crippen molar-refractivity contribution in [2.75, 3.05) is 6.54 Å². The highest BCUT2D eigenvalue weighted by Crippen LogP contribution is 2.39. The molecule has 1 unspecified atom stereocenters. The van der Waals surface area contributed by atoms with Crippen LogP contribution in [0.5, 0.6) is 0 Å². The van der Waals surface area contributed by atoms with Crippen LogP contribution in [0.2, 0.25) is 0 Å². The van der Waals surface area contributed by atoms with Crippen LogP contribution in [0, 0.1) is 5.92 Å². The number of rotatable bonds is 4. The minimum atomic E-state index is -0.575. The first-order chi connectivity index (χ1) is 14.6. The van der Waals surface area contributed by atoms with Crippen molar-refractivity contribution in [1.29, 1.82) is 0 Å². The average Bonchev–Trinajstić information content (AvgIpc) is 3.31. The summed E-state index contributed by atoms with van der Waals surface area (Å²) >= 11 is 0. The summed E-state index contributed by atoms with van der Waals surface area (Å²) in [5.74, 6) is -0.902. The van der Waals surface area contributed by atoms with Gasteiger partial charge < -0.3 is 10.1 Å². The lowest BCUT2D eigenvalue weighted by Crippen LogP contribution is -2.42. The van der Waals surface area contributed by atoms with E-state index in [1.54, 1.807) is 6.92 Å². The Morgan fingerprint density at radius 2 is 1.67 bits per heavy atom. The molecule has 1 atom stereocenters. The molecule has 7 heteroatoms. The fraction of sp³-hybridized carbons (Fsp3) is 0.261. The molecule has 4 rings (SSSR count). The first kappa shape index (κ1) is 19.7. The van der Waals surface area contributed by atoms with Crippen molar-refractivity contribution < 1.29 is 19.1 Å². The van der Waals surface area contributed by atoms with Crippen LogP contribution in [-0.4, -0.2) is 34.4 Å². The smallest absolute Gasteiger partial charge is 0.414 e. The van der Waals surface area contributed by atoms with E-state index in [-0.39, 0.29) is 12.5 Å². The summed E-state index contributed by atoms with van der Waals surface area (Å²) in [6.45, 7) is 2.58. The van der Waals surface area contributed by atoms with E-state index >= 15 is 0 Å². The van der Waals surface area contributed by atoms with Gasteiger partial charge in [0.1, 0.15) is 6.61 Å². The van der Waals surface area contributed by atoms with Gasteiger partial charge in [-0.3, -0.25) is 9.69 Å². The van der Waals surface area contributed by atoms with Crippen molar-refractivity contribution in [2.45, 2.75) is 26.5 Å². The summed E-state index contributed by atoms with van der Waals surface area (Å²) in [7, 11) is 0. The van der Waals surface area contributed by atoms with Gasteiger partial charge in [-0.05, 0) is 18.1 Å². The van der Waals surface area contributed by atoms with Crippen LogP contribution in [0.15, 0.2) is 72.1 Å². The van der Waals surface area contributed by atoms with Crippen LogP contribution in [0.4, 0.5) is 9.59 Å². The van der Waals surface area contributed by atoms with Gasteiger partial charge in [-0.1, -0.05) is 60.7 Å². The van der Waals surface area contributed by atoms with E-state index in [2.05, 4.69) is 5.32 Å². The van der Waals surface area contributed by atoms with E-state index in [4.69, 9.17) is 4.74 Å². The number of hydrogen-bond acceptors (Lipinski definition) is 4. The molecule has 4 amide bonds. The molecule has 0 fully saturated rings. The number of amides is 4. The SMILES string of the molecule is CC1C(=O)N(C(=O)NCc2ccccc2)C2=C1N(C(=O)OCc1ccccc1)CC2. The Bertz CT molecular complexity index is 988. The van der Waals surface area contributed by atoms with Crippen molar-refractivity contribution in [3.05, 3.63) is 83.2 Å². The predicted molar refractivity (Wildman–Crippen MR) is 110 cm³/mol. The summed E-state index contributed by atoms with van der Waals surface area (Å²) in [4.78, 5) is 40.8. The Kier molecular flexibility index (Phi) is 5.52. The van der Waals surface area contributed by atoms with Gasteiger partial charge in [0.05, 0.1) is 17.3 Å². The maximum absolute atomic E-state index is 12.8. The zero-order valence-electron chi connectivity index (χ0n) is 16.7. The number of nitrogens with zero attached hydrogens (tertiary/aromatic N) is 2. The van der Waals surface area contributed by atoms with E-state index < -0.39 is 18.0 Å². The first-order valence-corrected chi connectivity index (χ1v) is 9.93. The van der Waals surface area contributed by atoms with Crippen molar-refractivity contribution in [3.8, 4) is 0 Å². The topological polar surface area (TPSA) is 79.0 Å². The zero-order valence-corrected chi connectivity index (χ0v) is 16.7. The number of hydrogen-bond donors (Lipinski definition) is 1. The highest BCUT2D eigenvalue weighted by Gasteiger charge is 2.47. The quantitative estimate of drug-likeness (QED) is 0.843. The number of ether oxygens (including phenoxy) is 1. The zero-order chi connectivity index (χ0) is 21.1. The van der Waals surface area contributed by atoms with E-state index in [0.29, 0.717) is 30.9 Å². The largest absolute Gasteiger partial charge is 0.444 e. The Labute approximate surface area is 174 Å². The number of nitrogens with one attached hydrogen (secondary N) is 1. The van der Waals surface area contributed by atoms with Gasteiger partial charge in [-0.15, -0.1) is 0 Å². The predicted octanol–water partition coefficient (Wildman–Crippen LogP) is 3.63. The van der Waals surface area contributed by atoms with Crippen LogP contribution in [0.1, 0.15) is 24.5 Å². The molecule has 0 aliphatic carbocycles. The summed E-state index contributed by atoms with van der Waals surface area (Å²) < 4.78 is 5.43. The van der Waals surface area contributed by atoms with Gasteiger partial charge in [-0.25, -0.2) is 14.5 Å². The Balaban J connectivity index is 1.44. The second-order valence-electron chi connectivity index (χ2n) is 7.31. The van der Waals surface area contributed by atoms with Crippen molar-refractivity contribution in [2.24, 2.45) is 5.92 Å². The fourth-order valence-corrected chi connectivity index (χ4v) is 3.84. The second-order valence-corrected chi connectivity index (χ2v) is 7.31. The number of urea groups is 1. The van der Waals surface area contributed by atoms with Crippen LogP contribution in [0.25, 0.3) is 0 Å². The minimum absolute atomic E-state index is 0.155. The summed E-state index contributed by atoms with van der Waals surface area (Å²) in [6, 6.07) is 18.4. The Hall–Kier alpha value is -3.61. The monoisotopic (exact) mass is 405 g/mol. The van der Waals surface area contributed by atoms with E-state index in [1.165, 1.54) is 9.80 Å². The molecule has 2 aliphatic rings. The third-order valence-electron chi connectivity index (χ3n) is 5.34. The summed E-state index contributed by atoms with van der Waals surface area (Å²) in [5, 5.41) is 2.79. The molecule has 7 nitrogen and oxygen atoms in total. The lowest BCUT2D eigenvalue weighted by atomic mass is 10.1. The van der Waals surface area contributed by atoms with Gasteiger partial charge in [0.25, 0.3) is 0 Å². The van der Waals surface area contributed by atoms with Gasteiger partial charge in [0.2, 0.25) is 5.91 Å². The van der Waals surface area contributed by atoms with Gasteiger partial charge in [0, 0.05) is 19.5 Å².